The molecule has 1 saturated carbocycles. The van der Waals surface area contributed by atoms with Gasteiger partial charge in [0.25, 0.3) is 11.5 Å². The summed E-state index contributed by atoms with van der Waals surface area (Å²) in [5, 5.41) is 3.28. The number of aromatic nitrogens is 2. The number of carbonyl (C=O) groups is 2. The predicted octanol–water partition coefficient (Wildman–Crippen LogP) is 2.84. The Bertz CT molecular complexity index is 912. The fraction of sp³-hybridized carbons (Fsp3) is 0.579. The van der Waals surface area contributed by atoms with Gasteiger partial charge in [0.05, 0.1) is 5.39 Å². The maximum Gasteiger partial charge on any atom is 0.349 e. The van der Waals surface area contributed by atoms with Crippen molar-refractivity contribution < 1.29 is 14.3 Å². The lowest BCUT2D eigenvalue weighted by Crippen LogP contribution is -2.38. The number of aryl methyl sites for hydroxylation is 2. The summed E-state index contributed by atoms with van der Waals surface area (Å²) in [4.78, 5) is 44.6. The van der Waals surface area contributed by atoms with Gasteiger partial charge in [-0.15, -0.1) is 11.3 Å². The number of rotatable bonds is 5. The van der Waals surface area contributed by atoms with Gasteiger partial charge >= 0.3 is 5.97 Å². The predicted molar refractivity (Wildman–Crippen MR) is 104 cm³/mol. The summed E-state index contributed by atoms with van der Waals surface area (Å²) in [6.45, 7) is 5.56. The first-order valence-electron chi connectivity index (χ1n) is 9.35. The maximum atomic E-state index is 12.5. The Morgan fingerprint density at radius 3 is 2.70 bits per heavy atom. The van der Waals surface area contributed by atoms with Crippen molar-refractivity contribution in [2.24, 2.45) is 5.92 Å². The first kappa shape index (κ1) is 19.5. The molecule has 0 spiro atoms. The molecule has 0 saturated heterocycles. The van der Waals surface area contributed by atoms with Crippen LogP contribution in [0.1, 0.15) is 60.1 Å². The highest BCUT2D eigenvalue weighted by Crippen LogP contribution is 2.28. The molecule has 2 aromatic rings. The lowest BCUT2D eigenvalue weighted by molar-refractivity contribution is -0.129. The molecule has 7 nitrogen and oxygen atoms in total. The normalized spacial score (nSPS) is 16.3. The van der Waals surface area contributed by atoms with Gasteiger partial charge in [-0.2, -0.15) is 0 Å². The molecule has 0 aliphatic heterocycles. The maximum absolute atomic E-state index is 12.5. The second-order valence-corrected chi connectivity index (χ2v) is 8.18. The van der Waals surface area contributed by atoms with Gasteiger partial charge in [0.1, 0.15) is 15.5 Å². The van der Waals surface area contributed by atoms with Crippen LogP contribution in [0.2, 0.25) is 0 Å². The van der Waals surface area contributed by atoms with Crippen molar-refractivity contribution in [1.29, 1.82) is 0 Å². The van der Waals surface area contributed by atoms with Crippen LogP contribution in [0.5, 0.6) is 0 Å². The van der Waals surface area contributed by atoms with Gasteiger partial charge < -0.3 is 15.0 Å². The molecule has 2 N–H and O–H groups in total. The Morgan fingerprint density at radius 2 is 2.00 bits per heavy atom. The number of nitrogens with zero attached hydrogens (tertiary/aromatic N) is 1. The van der Waals surface area contributed by atoms with E-state index in [9.17, 15) is 14.4 Å². The Hall–Kier alpha value is -2.22. The van der Waals surface area contributed by atoms with E-state index in [4.69, 9.17) is 4.74 Å². The summed E-state index contributed by atoms with van der Waals surface area (Å²) in [5.41, 5.74) is 0.257. The minimum absolute atomic E-state index is 0.274. The van der Waals surface area contributed by atoms with Gasteiger partial charge in [-0.3, -0.25) is 9.59 Å². The summed E-state index contributed by atoms with van der Waals surface area (Å²) in [6, 6.07) is 0. The SMILES string of the molecule is Cc1nc2sc(C(=O)O[C@@H](C)C(=O)NCC3CCCCC3)c(C)c2c(=O)[nH]1. The van der Waals surface area contributed by atoms with Crippen molar-refractivity contribution in [3.05, 3.63) is 26.6 Å². The molecule has 0 bridgehead atoms. The average Bonchev–Trinajstić information content (AvgIpc) is 2.97. The summed E-state index contributed by atoms with van der Waals surface area (Å²) < 4.78 is 5.34. The average molecular weight is 391 g/mol. The van der Waals surface area contributed by atoms with Crippen LogP contribution < -0.4 is 10.9 Å². The van der Waals surface area contributed by atoms with Gasteiger partial charge in [-0.25, -0.2) is 9.78 Å². The van der Waals surface area contributed by atoms with E-state index in [0.717, 1.165) is 24.2 Å². The minimum Gasteiger partial charge on any atom is -0.448 e. The number of aromatic amines is 1. The van der Waals surface area contributed by atoms with E-state index in [2.05, 4.69) is 15.3 Å². The summed E-state index contributed by atoms with van der Waals surface area (Å²) in [7, 11) is 0. The molecule has 0 aromatic carbocycles. The van der Waals surface area contributed by atoms with Crippen molar-refractivity contribution in [2.75, 3.05) is 6.54 Å². The van der Waals surface area contributed by atoms with Crippen molar-refractivity contribution in [2.45, 2.75) is 59.0 Å². The van der Waals surface area contributed by atoms with Crippen LogP contribution in [0.15, 0.2) is 4.79 Å². The standard InChI is InChI=1S/C19H25N3O4S/c1-10-14-17(24)21-12(3)22-18(14)27-15(10)19(25)26-11(2)16(23)20-9-13-7-5-4-6-8-13/h11,13H,4-9H2,1-3H3,(H,20,23)(H,21,22,24)/t11-/m0/s1. The van der Waals surface area contributed by atoms with Gasteiger partial charge in [-0.1, -0.05) is 19.3 Å². The van der Waals surface area contributed by atoms with E-state index in [1.165, 1.54) is 19.3 Å². The number of esters is 1. The fourth-order valence-electron chi connectivity index (χ4n) is 3.49. The molecule has 1 aliphatic rings. The van der Waals surface area contributed by atoms with Crippen LogP contribution in [-0.4, -0.2) is 34.5 Å². The molecule has 8 heteroatoms. The third kappa shape index (κ3) is 4.37. The molecule has 2 aromatic heterocycles. The molecule has 1 amide bonds. The van der Waals surface area contributed by atoms with Crippen molar-refractivity contribution >= 4 is 33.4 Å². The molecule has 0 radical (unpaired) electrons. The summed E-state index contributed by atoms with van der Waals surface area (Å²) in [6.07, 6.45) is 5.07. The highest BCUT2D eigenvalue weighted by molar-refractivity contribution is 7.20. The van der Waals surface area contributed by atoms with E-state index in [-0.39, 0.29) is 11.5 Å². The van der Waals surface area contributed by atoms with E-state index >= 15 is 0 Å². The van der Waals surface area contributed by atoms with E-state index < -0.39 is 12.1 Å². The molecular formula is C19H25N3O4S. The van der Waals surface area contributed by atoms with E-state index in [0.29, 0.717) is 38.9 Å². The van der Waals surface area contributed by atoms with Crippen LogP contribution >= 0.6 is 11.3 Å². The number of thiophene rings is 1. The molecule has 1 aliphatic carbocycles. The Morgan fingerprint density at radius 1 is 1.30 bits per heavy atom. The quantitative estimate of drug-likeness (QED) is 0.763. The van der Waals surface area contributed by atoms with Gasteiger partial charge in [0.2, 0.25) is 0 Å². The number of fused-ring (bicyclic) bond motifs is 1. The molecule has 1 atom stereocenters. The lowest BCUT2D eigenvalue weighted by atomic mass is 9.89. The Kier molecular flexibility index (Phi) is 5.94. The largest absolute Gasteiger partial charge is 0.448 e. The zero-order valence-corrected chi connectivity index (χ0v) is 16.7. The van der Waals surface area contributed by atoms with Crippen molar-refractivity contribution in [1.82, 2.24) is 15.3 Å². The van der Waals surface area contributed by atoms with Crippen LogP contribution in [0.3, 0.4) is 0 Å². The summed E-state index contributed by atoms with van der Waals surface area (Å²) in [5.74, 6) is 0.105. The number of H-pyrrole nitrogens is 1. The summed E-state index contributed by atoms with van der Waals surface area (Å²) >= 11 is 1.11. The fourth-order valence-corrected chi connectivity index (χ4v) is 4.60. The molecule has 1 fully saturated rings. The zero-order chi connectivity index (χ0) is 19.6. The van der Waals surface area contributed by atoms with E-state index in [1.54, 1.807) is 20.8 Å². The van der Waals surface area contributed by atoms with Gasteiger partial charge in [0.15, 0.2) is 6.10 Å². The van der Waals surface area contributed by atoms with Crippen LogP contribution in [0, 0.1) is 19.8 Å². The third-order valence-electron chi connectivity index (χ3n) is 5.05. The lowest BCUT2D eigenvalue weighted by Gasteiger charge is -2.22. The van der Waals surface area contributed by atoms with Gasteiger partial charge in [0, 0.05) is 6.54 Å². The number of nitrogens with one attached hydrogen (secondary N) is 2. The van der Waals surface area contributed by atoms with Crippen LogP contribution in [0.4, 0.5) is 0 Å². The number of amides is 1. The first-order valence-corrected chi connectivity index (χ1v) is 10.2. The van der Waals surface area contributed by atoms with Gasteiger partial charge in [-0.05, 0) is 45.1 Å². The number of carbonyl (C=O) groups excluding carboxylic acids is 2. The van der Waals surface area contributed by atoms with Crippen LogP contribution in [0.25, 0.3) is 10.2 Å². The van der Waals surface area contributed by atoms with Crippen molar-refractivity contribution in [3.8, 4) is 0 Å². The van der Waals surface area contributed by atoms with Crippen molar-refractivity contribution in [3.63, 3.8) is 0 Å². The first-order chi connectivity index (χ1) is 12.9. The topological polar surface area (TPSA) is 101 Å². The Labute approximate surface area is 161 Å². The molecule has 2 heterocycles. The highest BCUT2D eigenvalue weighted by Gasteiger charge is 2.25. The second kappa shape index (κ2) is 8.21. The Balaban J connectivity index is 1.65. The number of ether oxygens (including phenoxy) is 1. The monoisotopic (exact) mass is 391 g/mol. The molecule has 27 heavy (non-hydrogen) atoms. The molecule has 0 unspecified atom stereocenters. The van der Waals surface area contributed by atoms with Crippen LogP contribution in [-0.2, 0) is 9.53 Å². The molecular weight excluding hydrogens is 366 g/mol. The zero-order valence-electron chi connectivity index (χ0n) is 15.9. The smallest absolute Gasteiger partial charge is 0.349 e. The highest BCUT2D eigenvalue weighted by atomic mass is 32.1. The minimum atomic E-state index is -0.890. The number of hydrogen-bond donors (Lipinski definition) is 2. The van der Waals surface area contributed by atoms with E-state index in [1.807, 2.05) is 0 Å². The second-order valence-electron chi connectivity index (χ2n) is 7.18. The molecule has 3 rings (SSSR count). The number of hydrogen-bond acceptors (Lipinski definition) is 6. The third-order valence-corrected chi connectivity index (χ3v) is 6.21. The molecule has 146 valence electrons.